The summed E-state index contributed by atoms with van der Waals surface area (Å²) in [6, 6.07) is 10.5. The number of nitrogens with zero attached hydrogens (tertiary/aromatic N) is 6. The molecule has 4 aliphatic rings. The summed E-state index contributed by atoms with van der Waals surface area (Å²) in [6.07, 6.45) is 15.5. The van der Waals surface area contributed by atoms with Crippen LogP contribution in [0.5, 0.6) is 0 Å². The molecule has 0 radical (unpaired) electrons. The molecule has 0 aliphatic heterocycles. The molecule has 0 aromatic carbocycles. The maximum Gasteiger partial charge on any atom is 0.294 e. The topological polar surface area (TPSA) is 120 Å². The van der Waals surface area contributed by atoms with Crippen LogP contribution >= 0.6 is 56.7 Å². The maximum absolute atomic E-state index is 13.6. The first-order valence-corrected chi connectivity index (χ1v) is 22.8. The molecule has 5 aromatic heterocycles. The van der Waals surface area contributed by atoms with E-state index < -0.39 is 0 Å². The maximum atomic E-state index is 13.6. The minimum absolute atomic E-state index is 0.0382. The Morgan fingerprint density at radius 1 is 0.745 bits per heavy atom. The molecule has 0 unspecified atom stereocenters. The van der Waals surface area contributed by atoms with Gasteiger partial charge in [-0.25, -0.2) is 10.1 Å². The Hall–Kier alpha value is -4.60. The quantitative estimate of drug-likeness (QED) is 0.177. The third-order valence-electron chi connectivity index (χ3n) is 12.1. The lowest BCUT2D eigenvalue weighted by Crippen LogP contribution is -2.31. The second kappa shape index (κ2) is 13.6. The zero-order chi connectivity index (χ0) is 38.2. The van der Waals surface area contributed by atoms with Gasteiger partial charge in [-0.05, 0) is 86.1 Å². The SMILES string of the molecule is [C-]#[N+]/C(C#N)=c1/s/c(=C\c2cc3c(s2)C2=C(c4sc5cc(/C=c6\sc(=C(C#N)C#N)n(CC)c6=O)sc5c4C24CCCCC4)C32CCCCC2)c(=O)n1CC. The Bertz CT molecular complexity index is 3040. The molecule has 2 fully saturated rings. The molecule has 0 saturated heterocycles. The Morgan fingerprint density at radius 2 is 1.31 bits per heavy atom. The van der Waals surface area contributed by atoms with Gasteiger partial charge in [-0.15, -0.1) is 56.7 Å². The molecule has 9 rings (SSSR count). The van der Waals surface area contributed by atoms with E-state index in [4.69, 9.17) is 6.57 Å². The van der Waals surface area contributed by atoms with Crippen molar-refractivity contribution in [2.45, 2.75) is 102 Å². The summed E-state index contributed by atoms with van der Waals surface area (Å²) < 4.78 is 7.58. The van der Waals surface area contributed by atoms with Crippen LogP contribution in [-0.4, -0.2) is 9.13 Å². The largest absolute Gasteiger partial charge is 0.307 e. The van der Waals surface area contributed by atoms with Crippen LogP contribution in [0.15, 0.2) is 21.7 Å². The monoisotopic (exact) mass is 814 g/mol. The van der Waals surface area contributed by atoms with Crippen LogP contribution in [0.1, 0.15) is 109 Å². The molecule has 2 saturated carbocycles. The molecule has 2 spiro atoms. The molecule has 55 heavy (non-hydrogen) atoms. The molecule has 8 nitrogen and oxygen atoms in total. The molecular formula is C42H34N6O2S5. The van der Waals surface area contributed by atoms with Crippen molar-refractivity contribution < 1.29 is 0 Å². The van der Waals surface area contributed by atoms with Crippen molar-refractivity contribution in [1.82, 2.24) is 9.13 Å². The average Bonchev–Trinajstić information content (AvgIpc) is 4.05. The van der Waals surface area contributed by atoms with E-state index in [1.54, 1.807) is 21.5 Å². The van der Waals surface area contributed by atoms with Gasteiger partial charge in [0.1, 0.15) is 21.5 Å². The minimum Gasteiger partial charge on any atom is -0.307 e. The van der Waals surface area contributed by atoms with Gasteiger partial charge in [-0.1, -0.05) is 38.5 Å². The van der Waals surface area contributed by atoms with Crippen LogP contribution in [0.25, 0.3) is 48.8 Å². The Kier molecular flexibility index (Phi) is 8.89. The summed E-state index contributed by atoms with van der Waals surface area (Å²) in [5.74, 6) is 0. The summed E-state index contributed by atoms with van der Waals surface area (Å²) >= 11 is 7.95. The smallest absolute Gasteiger partial charge is 0.294 e. The lowest BCUT2D eigenvalue weighted by atomic mass is 9.67. The van der Waals surface area contributed by atoms with E-state index in [1.165, 1.54) is 102 Å². The standard InChI is InChI=1S/C42H34N6O2S5/c1-4-47-37(49)29(54-39(47)23(20-43)21-44)19-25-17-28-35(52-25)33-36(53-28)32-31(42(33)14-10-7-11-15-42)34-26(41(32)12-8-6-9-13-41)16-24(51-34)18-30-38(50)48(5-2)40(55-30)27(22-45)46-3/h16-19H,4-15H2,1-2H3/b29-19-,30-18-,40-27+. The van der Waals surface area contributed by atoms with Gasteiger partial charge >= 0.3 is 0 Å². The fraction of sp³-hybridized carbons (Fsp3) is 0.381. The van der Waals surface area contributed by atoms with Gasteiger partial charge in [0.05, 0.1) is 26.4 Å². The number of thiazole rings is 2. The van der Waals surface area contributed by atoms with Crippen LogP contribution in [0.4, 0.5) is 0 Å². The first kappa shape index (κ1) is 36.1. The highest BCUT2D eigenvalue weighted by atomic mass is 32.1. The van der Waals surface area contributed by atoms with Crippen LogP contribution in [-0.2, 0) is 23.9 Å². The normalized spacial score (nSPS) is 18.9. The summed E-state index contributed by atoms with van der Waals surface area (Å²) in [6.45, 7) is 12.0. The van der Waals surface area contributed by atoms with Crippen LogP contribution in [0.2, 0.25) is 0 Å². The lowest BCUT2D eigenvalue weighted by Gasteiger charge is -2.37. The number of nitriles is 3. The molecule has 0 N–H and O–H groups in total. The molecule has 5 aromatic rings. The molecule has 13 heteroatoms. The van der Waals surface area contributed by atoms with E-state index in [9.17, 15) is 25.4 Å². The van der Waals surface area contributed by atoms with Gasteiger partial charge in [0.25, 0.3) is 16.8 Å². The molecule has 0 atom stereocenters. The van der Waals surface area contributed by atoms with Gasteiger partial charge in [0, 0.05) is 48.1 Å². The van der Waals surface area contributed by atoms with Crippen molar-refractivity contribution >= 4 is 101 Å². The number of hydrogen-bond donors (Lipinski definition) is 0. The van der Waals surface area contributed by atoms with E-state index in [-0.39, 0.29) is 33.2 Å². The zero-order valence-corrected chi connectivity index (χ0v) is 34.4. The highest BCUT2D eigenvalue weighted by Gasteiger charge is 2.59. The lowest BCUT2D eigenvalue weighted by molar-refractivity contribution is 0.373. The number of allylic oxidation sites excluding steroid dienone is 2. The number of rotatable bonds is 4. The number of fused-ring (bicyclic) bond motifs is 10. The molecule has 5 heterocycles. The zero-order valence-electron chi connectivity index (χ0n) is 30.3. The highest BCUT2D eigenvalue weighted by molar-refractivity contribution is 7.29. The van der Waals surface area contributed by atoms with Crippen molar-refractivity contribution in [2.75, 3.05) is 0 Å². The molecule has 4 aliphatic carbocycles. The molecule has 0 bridgehead atoms. The fourth-order valence-corrected chi connectivity index (χ4v) is 16.5. The van der Waals surface area contributed by atoms with Crippen molar-refractivity contribution in [3.8, 4) is 18.2 Å². The van der Waals surface area contributed by atoms with Gasteiger partial charge in [0.15, 0.2) is 5.57 Å². The van der Waals surface area contributed by atoms with E-state index in [1.807, 2.05) is 66.9 Å². The van der Waals surface area contributed by atoms with Gasteiger partial charge in [-0.3, -0.25) is 14.2 Å². The van der Waals surface area contributed by atoms with Gasteiger partial charge in [0.2, 0.25) is 0 Å². The van der Waals surface area contributed by atoms with Crippen LogP contribution < -0.4 is 29.5 Å². The molecule has 0 amide bonds. The molecule has 274 valence electrons. The van der Waals surface area contributed by atoms with Crippen molar-refractivity contribution in [1.29, 1.82) is 15.8 Å². The van der Waals surface area contributed by atoms with Gasteiger partial charge in [-0.2, -0.15) is 10.5 Å². The Morgan fingerprint density at radius 3 is 1.89 bits per heavy atom. The first-order valence-electron chi connectivity index (χ1n) is 18.7. The van der Waals surface area contributed by atoms with Gasteiger partial charge < -0.3 is 4.57 Å². The summed E-state index contributed by atoms with van der Waals surface area (Å²) in [4.78, 5) is 35.4. The molecular weight excluding hydrogens is 781 g/mol. The fourth-order valence-electron chi connectivity index (χ4n) is 9.82. The van der Waals surface area contributed by atoms with E-state index in [2.05, 4.69) is 17.0 Å². The number of aromatic nitrogens is 2. The predicted molar refractivity (Wildman–Crippen MR) is 225 cm³/mol. The number of thiophene rings is 3. The minimum atomic E-state index is -0.170. The van der Waals surface area contributed by atoms with Crippen LogP contribution in [0, 0.1) is 40.6 Å². The van der Waals surface area contributed by atoms with Crippen LogP contribution in [0.3, 0.4) is 0 Å². The summed E-state index contributed by atoms with van der Waals surface area (Å²) in [5.41, 5.74) is 5.46. The first-order chi connectivity index (χ1) is 26.8. The van der Waals surface area contributed by atoms with E-state index in [0.717, 1.165) is 35.4 Å². The second-order valence-corrected chi connectivity index (χ2v) is 20.0. The Balaban J connectivity index is 1.24. The predicted octanol–water partition coefficient (Wildman–Crippen LogP) is 7.26. The van der Waals surface area contributed by atoms with Crippen molar-refractivity contribution in [2.24, 2.45) is 0 Å². The Labute approximate surface area is 336 Å². The van der Waals surface area contributed by atoms with E-state index in [0.29, 0.717) is 31.5 Å². The number of hydrogen-bond acceptors (Lipinski definition) is 10. The van der Waals surface area contributed by atoms with E-state index >= 15 is 0 Å². The third-order valence-corrected chi connectivity index (χ3v) is 17.8. The summed E-state index contributed by atoms with van der Waals surface area (Å²) in [5, 5.41) is 28.7. The second-order valence-electron chi connectivity index (χ2n) is 14.7. The third kappa shape index (κ3) is 5.11. The average molecular weight is 815 g/mol. The van der Waals surface area contributed by atoms with Crippen molar-refractivity contribution in [3.63, 3.8) is 0 Å². The summed E-state index contributed by atoms with van der Waals surface area (Å²) in [7, 11) is 0. The van der Waals surface area contributed by atoms with Crippen molar-refractivity contribution in [3.05, 3.63) is 93.3 Å². The highest BCUT2D eigenvalue weighted by Crippen LogP contribution is 2.72.